The lowest BCUT2D eigenvalue weighted by molar-refractivity contribution is -0.137. The highest BCUT2D eigenvalue weighted by Gasteiger charge is 2.33. The Balaban J connectivity index is 2.00. The molecule has 0 aromatic heterocycles. The number of hydrogen-bond acceptors (Lipinski definition) is 3. The normalized spacial score (nSPS) is 12.4. The van der Waals surface area contributed by atoms with Gasteiger partial charge in [-0.2, -0.15) is 13.2 Å². The number of halogens is 5. The molecule has 4 nitrogen and oxygen atoms in total. The van der Waals surface area contributed by atoms with Gasteiger partial charge in [0.15, 0.2) is 0 Å². The van der Waals surface area contributed by atoms with Gasteiger partial charge in [-0.05, 0) is 37.3 Å². The second-order valence-electron chi connectivity index (χ2n) is 6.12. The van der Waals surface area contributed by atoms with Gasteiger partial charge in [-0.3, -0.25) is 9.59 Å². The van der Waals surface area contributed by atoms with Crippen molar-refractivity contribution in [3.8, 4) is 0 Å². The number of likely N-dealkylation sites (N-methyl/N-ethyl adjacent to an activating group) is 1. The number of hydrogen-bond donors (Lipinski definition) is 1. The second kappa shape index (κ2) is 9.73. The van der Waals surface area contributed by atoms with Crippen LogP contribution in [0.3, 0.4) is 0 Å². The van der Waals surface area contributed by atoms with Crippen LogP contribution in [0.15, 0.2) is 47.4 Å². The molecule has 0 saturated carbocycles. The van der Waals surface area contributed by atoms with E-state index in [-0.39, 0.29) is 11.6 Å². The minimum Gasteiger partial charge on any atom is -0.335 e. The molecule has 1 N–H and O–H groups in total. The molecule has 29 heavy (non-hydrogen) atoms. The van der Waals surface area contributed by atoms with Gasteiger partial charge in [0.2, 0.25) is 11.8 Å². The van der Waals surface area contributed by atoms with Gasteiger partial charge in [0.05, 0.1) is 28.1 Å². The molecule has 156 valence electrons. The molecule has 0 aliphatic carbocycles. The van der Waals surface area contributed by atoms with Crippen LogP contribution in [-0.4, -0.2) is 35.6 Å². The minimum absolute atomic E-state index is 0.362. The van der Waals surface area contributed by atoms with E-state index in [9.17, 15) is 22.8 Å². The molecule has 0 heterocycles. The average Bonchev–Trinajstić information content (AvgIpc) is 2.63. The summed E-state index contributed by atoms with van der Waals surface area (Å²) in [6, 6.07) is 9.49. The molecule has 1 atom stereocenters. The summed E-state index contributed by atoms with van der Waals surface area (Å²) in [5, 5.41) is 2.52. The van der Waals surface area contributed by atoms with Crippen LogP contribution < -0.4 is 5.32 Å². The van der Waals surface area contributed by atoms with Crippen LogP contribution >= 0.6 is 35.0 Å². The Hall–Kier alpha value is -1.90. The van der Waals surface area contributed by atoms with Crippen LogP contribution in [0.5, 0.6) is 0 Å². The van der Waals surface area contributed by atoms with E-state index >= 15 is 0 Å². The molecular formula is C19H17Cl2F3N2O2S. The fraction of sp³-hybridized carbons (Fsp3) is 0.263. The van der Waals surface area contributed by atoms with E-state index in [0.717, 1.165) is 17.0 Å². The summed E-state index contributed by atoms with van der Waals surface area (Å²) in [6.07, 6.45) is -4.60. The van der Waals surface area contributed by atoms with Crippen LogP contribution in [0.4, 0.5) is 18.9 Å². The standard InChI is InChI=1S/C19H17Cl2F3N2O2S/c1-11(29-16-9-12(20)7-8-14(16)21)18(28)26(2)10-17(27)25-15-6-4-3-5-13(15)19(22,23)24/h3-9,11H,10H2,1-2H3,(H,25,27)/t11-/m0/s1. The molecule has 0 unspecified atom stereocenters. The molecular weight excluding hydrogens is 448 g/mol. The lowest BCUT2D eigenvalue weighted by atomic mass is 10.1. The molecule has 0 bridgehead atoms. The number of carbonyl (C=O) groups excluding carboxylic acids is 2. The number of rotatable bonds is 6. The first-order valence-corrected chi connectivity index (χ1v) is 9.95. The Kier molecular flexibility index (Phi) is 7.85. The first-order chi connectivity index (χ1) is 13.5. The molecule has 2 rings (SSSR count). The quantitative estimate of drug-likeness (QED) is 0.566. The lowest BCUT2D eigenvalue weighted by Crippen LogP contribution is -2.39. The van der Waals surface area contributed by atoms with Crippen molar-refractivity contribution in [3.63, 3.8) is 0 Å². The van der Waals surface area contributed by atoms with Crippen LogP contribution in [0.1, 0.15) is 12.5 Å². The Morgan fingerprint density at radius 1 is 1.17 bits per heavy atom. The van der Waals surface area contributed by atoms with Gasteiger partial charge in [0, 0.05) is 17.0 Å². The Bertz CT molecular complexity index is 909. The Labute approximate surface area is 180 Å². The number of anilines is 1. The summed E-state index contributed by atoms with van der Waals surface area (Å²) < 4.78 is 39.1. The van der Waals surface area contributed by atoms with Crippen molar-refractivity contribution < 1.29 is 22.8 Å². The molecule has 2 aromatic rings. The van der Waals surface area contributed by atoms with Crippen LogP contribution in [0, 0.1) is 0 Å². The number of para-hydroxylation sites is 1. The number of thioether (sulfide) groups is 1. The molecule has 0 fully saturated rings. The zero-order chi connectivity index (χ0) is 21.8. The van der Waals surface area contributed by atoms with E-state index in [2.05, 4.69) is 5.32 Å². The molecule has 0 radical (unpaired) electrons. The average molecular weight is 465 g/mol. The Morgan fingerprint density at radius 3 is 2.48 bits per heavy atom. The lowest BCUT2D eigenvalue weighted by Gasteiger charge is -2.21. The van der Waals surface area contributed by atoms with E-state index in [0.29, 0.717) is 14.9 Å². The fourth-order valence-corrected chi connectivity index (χ4v) is 3.97. The second-order valence-corrected chi connectivity index (χ2v) is 8.35. The van der Waals surface area contributed by atoms with Crippen molar-refractivity contribution in [2.45, 2.75) is 23.2 Å². The van der Waals surface area contributed by atoms with E-state index in [1.165, 1.54) is 30.9 Å². The molecule has 0 saturated heterocycles. The SMILES string of the molecule is C[C@H](Sc1cc(Cl)ccc1Cl)C(=O)N(C)CC(=O)Nc1ccccc1C(F)(F)F. The molecule has 0 aliphatic rings. The minimum atomic E-state index is -4.60. The van der Waals surface area contributed by atoms with Crippen molar-refractivity contribution in [3.05, 3.63) is 58.1 Å². The van der Waals surface area contributed by atoms with Crippen LogP contribution in [0.25, 0.3) is 0 Å². The van der Waals surface area contributed by atoms with Crippen LogP contribution in [0.2, 0.25) is 10.0 Å². The largest absolute Gasteiger partial charge is 0.418 e. The third-order valence-corrected chi connectivity index (χ3v) is 5.63. The summed E-state index contributed by atoms with van der Waals surface area (Å²) in [7, 11) is 1.40. The van der Waals surface area contributed by atoms with Crippen molar-refractivity contribution in [1.82, 2.24) is 4.90 Å². The van der Waals surface area contributed by atoms with Crippen molar-refractivity contribution in [2.24, 2.45) is 0 Å². The van der Waals surface area contributed by atoms with E-state index < -0.39 is 29.4 Å². The molecule has 2 amide bonds. The van der Waals surface area contributed by atoms with Crippen molar-refractivity contribution in [1.29, 1.82) is 0 Å². The number of nitrogens with zero attached hydrogens (tertiary/aromatic N) is 1. The van der Waals surface area contributed by atoms with Gasteiger partial charge in [-0.1, -0.05) is 35.3 Å². The maximum atomic E-state index is 13.0. The van der Waals surface area contributed by atoms with Gasteiger partial charge in [0.1, 0.15) is 0 Å². The number of alkyl halides is 3. The predicted molar refractivity (Wildman–Crippen MR) is 109 cm³/mol. The van der Waals surface area contributed by atoms with Gasteiger partial charge in [0.25, 0.3) is 0 Å². The molecule has 0 spiro atoms. The summed E-state index contributed by atoms with van der Waals surface area (Å²) in [5.74, 6) is -1.12. The van der Waals surface area contributed by atoms with Crippen molar-refractivity contribution in [2.75, 3.05) is 18.9 Å². The van der Waals surface area contributed by atoms with Gasteiger partial charge >= 0.3 is 6.18 Å². The summed E-state index contributed by atoms with van der Waals surface area (Å²) in [4.78, 5) is 26.4. The van der Waals surface area contributed by atoms with Crippen molar-refractivity contribution >= 4 is 52.5 Å². The predicted octanol–water partition coefficient (Wildman–Crippen LogP) is 5.59. The zero-order valence-electron chi connectivity index (χ0n) is 15.4. The van der Waals surface area contributed by atoms with Gasteiger partial charge < -0.3 is 10.2 Å². The first kappa shape index (κ1) is 23.4. The first-order valence-electron chi connectivity index (χ1n) is 8.31. The Morgan fingerprint density at radius 2 is 1.83 bits per heavy atom. The van der Waals surface area contributed by atoms with E-state index in [4.69, 9.17) is 23.2 Å². The number of nitrogens with one attached hydrogen (secondary N) is 1. The van der Waals surface area contributed by atoms with E-state index in [1.807, 2.05) is 0 Å². The van der Waals surface area contributed by atoms with Gasteiger partial charge in [-0.15, -0.1) is 11.8 Å². The highest BCUT2D eigenvalue weighted by Crippen LogP contribution is 2.35. The summed E-state index contributed by atoms with van der Waals surface area (Å²) in [5.41, 5.74) is -1.32. The maximum Gasteiger partial charge on any atom is 0.418 e. The monoisotopic (exact) mass is 464 g/mol. The highest BCUT2D eigenvalue weighted by molar-refractivity contribution is 8.00. The fourth-order valence-electron chi connectivity index (χ4n) is 2.44. The third kappa shape index (κ3) is 6.55. The van der Waals surface area contributed by atoms with Gasteiger partial charge in [-0.25, -0.2) is 0 Å². The number of carbonyl (C=O) groups is 2. The highest BCUT2D eigenvalue weighted by atomic mass is 35.5. The topological polar surface area (TPSA) is 49.4 Å². The smallest absolute Gasteiger partial charge is 0.335 e. The van der Waals surface area contributed by atoms with Crippen LogP contribution in [-0.2, 0) is 15.8 Å². The number of amides is 2. The number of benzene rings is 2. The molecule has 10 heteroatoms. The summed E-state index contributed by atoms with van der Waals surface area (Å²) >= 11 is 13.2. The zero-order valence-corrected chi connectivity index (χ0v) is 17.7. The molecule has 2 aromatic carbocycles. The third-order valence-electron chi connectivity index (χ3n) is 3.81. The molecule has 0 aliphatic heterocycles. The van der Waals surface area contributed by atoms with E-state index in [1.54, 1.807) is 25.1 Å². The summed E-state index contributed by atoms with van der Waals surface area (Å²) in [6.45, 7) is 1.23. The maximum absolute atomic E-state index is 13.0.